The lowest BCUT2D eigenvalue weighted by molar-refractivity contribution is 0.332. The van der Waals surface area contributed by atoms with Crippen molar-refractivity contribution in [1.29, 1.82) is 0 Å². The van der Waals surface area contributed by atoms with Crippen molar-refractivity contribution in [1.82, 2.24) is 14.5 Å². The molecule has 1 aliphatic heterocycles. The summed E-state index contributed by atoms with van der Waals surface area (Å²) in [7, 11) is -3.54. The van der Waals surface area contributed by atoms with Gasteiger partial charge >= 0.3 is 0 Å². The van der Waals surface area contributed by atoms with Crippen LogP contribution in [-0.4, -0.2) is 29.5 Å². The maximum absolute atomic E-state index is 13.0. The summed E-state index contributed by atoms with van der Waals surface area (Å²) in [5.41, 5.74) is 1.42. The first kappa shape index (κ1) is 19.4. The smallest absolute Gasteiger partial charge is 0.247 e. The fourth-order valence-corrected chi connectivity index (χ4v) is 5.29. The van der Waals surface area contributed by atoms with Gasteiger partial charge in [0.2, 0.25) is 21.8 Å². The van der Waals surface area contributed by atoms with E-state index in [1.54, 1.807) is 48.5 Å². The average molecular weight is 438 g/mol. The SMILES string of the molecule is O=S(=O)(Cc1ccc(Cl)cc1)N1CCCC1c1nnc(-c2ccc(Cl)cc2)o1. The van der Waals surface area contributed by atoms with Crippen LogP contribution in [0, 0.1) is 0 Å². The second-order valence-corrected chi connectivity index (χ2v) is 9.40. The van der Waals surface area contributed by atoms with Crippen molar-refractivity contribution in [3.63, 3.8) is 0 Å². The van der Waals surface area contributed by atoms with E-state index in [9.17, 15) is 8.42 Å². The lowest BCUT2D eigenvalue weighted by Gasteiger charge is -2.21. The molecule has 28 heavy (non-hydrogen) atoms. The third-order valence-corrected chi connectivity index (χ3v) is 6.99. The number of hydrogen-bond acceptors (Lipinski definition) is 5. The lowest BCUT2D eigenvalue weighted by Crippen LogP contribution is -2.31. The highest BCUT2D eigenvalue weighted by molar-refractivity contribution is 7.88. The van der Waals surface area contributed by atoms with Gasteiger partial charge in [0.25, 0.3) is 0 Å². The fourth-order valence-electron chi connectivity index (χ4n) is 3.27. The summed E-state index contributed by atoms with van der Waals surface area (Å²) in [5.74, 6) is 0.550. The average Bonchev–Trinajstić information content (AvgIpc) is 3.33. The maximum atomic E-state index is 13.0. The van der Waals surface area contributed by atoms with Crippen LogP contribution >= 0.6 is 23.2 Å². The molecule has 0 N–H and O–H groups in total. The summed E-state index contributed by atoms with van der Waals surface area (Å²) in [4.78, 5) is 0. The van der Waals surface area contributed by atoms with Gasteiger partial charge in [-0.15, -0.1) is 10.2 Å². The summed E-state index contributed by atoms with van der Waals surface area (Å²) in [6.07, 6.45) is 1.38. The molecule has 0 amide bonds. The molecule has 3 aromatic rings. The Balaban J connectivity index is 1.56. The van der Waals surface area contributed by atoms with Crippen molar-refractivity contribution in [3.8, 4) is 11.5 Å². The van der Waals surface area contributed by atoms with Crippen molar-refractivity contribution < 1.29 is 12.8 Å². The number of halogens is 2. The van der Waals surface area contributed by atoms with Gasteiger partial charge in [-0.1, -0.05) is 35.3 Å². The van der Waals surface area contributed by atoms with E-state index in [2.05, 4.69) is 10.2 Å². The zero-order valence-electron chi connectivity index (χ0n) is 14.8. The molecular formula is C19H17Cl2N3O3S. The van der Waals surface area contributed by atoms with Crippen LogP contribution in [0.15, 0.2) is 52.9 Å². The zero-order chi connectivity index (χ0) is 19.7. The molecule has 6 nitrogen and oxygen atoms in total. The van der Waals surface area contributed by atoms with Crippen LogP contribution < -0.4 is 0 Å². The lowest BCUT2D eigenvalue weighted by atomic mass is 10.2. The van der Waals surface area contributed by atoms with Gasteiger partial charge in [-0.05, 0) is 54.8 Å². The number of aromatic nitrogens is 2. The molecule has 2 heterocycles. The summed E-state index contributed by atoms with van der Waals surface area (Å²) in [6.45, 7) is 0.430. The number of benzene rings is 2. The van der Waals surface area contributed by atoms with Crippen molar-refractivity contribution in [3.05, 3.63) is 70.0 Å². The van der Waals surface area contributed by atoms with Crippen molar-refractivity contribution in [2.75, 3.05) is 6.54 Å². The molecule has 0 saturated carbocycles. The van der Waals surface area contributed by atoms with E-state index < -0.39 is 16.1 Å². The first-order valence-corrected chi connectivity index (χ1v) is 11.1. The summed E-state index contributed by atoms with van der Waals surface area (Å²) in [5, 5.41) is 9.36. The Bertz CT molecular complexity index is 1070. The van der Waals surface area contributed by atoms with Crippen LogP contribution in [0.5, 0.6) is 0 Å². The Morgan fingerprint density at radius 3 is 2.32 bits per heavy atom. The van der Waals surface area contributed by atoms with E-state index in [0.717, 1.165) is 12.0 Å². The van der Waals surface area contributed by atoms with Gasteiger partial charge in [0.15, 0.2) is 0 Å². The number of sulfonamides is 1. The topological polar surface area (TPSA) is 76.3 Å². The van der Waals surface area contributed by atoms with Gasteiger partial charge in [0.1, 0.15) is 6.04 Å². The molecule has 2 aromatic carbocycles. The molecule has 0 aliphatic carbocycles. The van der Waals surface area contributed by atoms with Gasteiger partial charge in [-0.3, -0.25) is 0 Å². The summed E-state index contributed by atoms with van der Waals surface area (Å²) in [6, 6.07) is 13.4. The highest BCUT2D eigenvalue weighted by Crippen LogP contribution is 2.35. The van der Waals surface area contributed by atoms with Crippen molar-refractivity contribution in [2.45, 2.75) is 24.6 Å². The quantitative estimate of drug-likeness (QED) is 0.577. The molecule has 1 aromatic heterocycles. The number of hydrogen-bond donors (Lipinski definition) is 0. The van der Waals surface area contributed by atoms with E-state index in [1.165, 1.54) is 4.31 Å². The second-order valence-electron chi connectivity index (χ2n) is 6.60. The van der Waals surface area contributed by atoms with Gasteiger partial charge in [-0.25, -0.2) is 8.42 Å². The predicted octanol–water partition coefficient (Wildman–Crippen LogP) is 4.71. The van der Waals surface area contributed by atoms with E-state index in [0.29, 0.717) is 40.4 Å². The monoisotopic (exact) mass is 437 g/mol. The van der Waals surface area contributed by atoms with E-state index in [1.807, 2.05) is 0 Å². The molecule has 9 heteroatoms. The first-order chi connectivity index (χ1) is 13.4. The molecule has 0 radical (unpaired) electrons. The second kappa shape index (κ2) is 7.83. The Morgan fingerprint density at radius 2 is 1.64 bits per heavy atom. The van der Waals surface area contributed by atoms with E-state index in [-0.39, 0.29) is 5.75 Å². The molecule has 146 valence electrons. The standard InChI is InChI=1S/C19H17Cl2N3O3S/c20-15-7-3-13(4-8-15)12-28(25,26)24-11-1-2-17(24)19-23-22-18(27-19)14-5-9-16(21)10-6-14/h3-10,17H,1-2,11-12H2. The van der Waals surface area contributed by atoms with Gasteiger partial charge in [-0.2, -0.15) is 4.31 Å². The van der Waals surface area contributed by atoms with Crippen LogP contribution in [0.25, 0.3) is 11.5 Å². The third kappa shape index (κ3) is 4.07. The number of rotatable bonds is 5. The predicted molar refractivity (Wildman–Crippen MR) is 108 cm³/mol. The van der Waals surface area contributed by atoms with Crippen LogP contribution in [0.4, 0.5) is 0 Å². The van der Waals surface area contributed by atoms with Gasteiger partial charge < -0.3 is 4.42 Å². The van der Waals surface area contributed by atoms with Gasteiger partial charge in [0, 0.05) is 22.2 Å². The highest BCUT2D eigenvalue weighted by atomic mass is 35.5. The third-order valence-electron chi connectivity index (χ3n) is 4.64. The Hall–Kier alpha value is -1.93. The molecule has 0 bridgehead atoms. The molecule has 1 unspecified atom stereocenters. The van der Waals surface area contributed by atoms with E-state index >= 15 is 0 Å². The maximum Gasteiger partial charge on any atom is 0.247 e. The first-order valence-electron chi connectivity index (χ1n) is 8.76. The van der Waals surface area contributed by atoms with Crippen molar-refractivity contribution >= 4 is 33.2 Å². The fraction of sp³-hybridized carbons (Fsp3) is 0.263. The largest absolute Gasteiger partial charge is 0.419 e. The molecular weight excluding hydrogens is 421 g/mol. The van der Waals surface area contributed by atoms with Gasteiger partial charge in [0.05, 0.1) is 5.75 Å². The molecule has 1 saturated heterocycles. The summed E-state index contributed by atoms with van der Waals surface area (Å²) >= 11 is 11.8. The minimum Gasteiger partial charge on any atom is -0.419 e. The van der Waals surface area contributed by atoms with Crippen LogP contribution in [-0.2, 0) is 15.8 Å². The zero-order valence-corrected chi connectivity index (χ0v) is 17.1. The van der Waals surface area contributed by atoms with Crippen LogP contribution in [0.1, 0.15) is 30.3 Å². The van der Waals surface area contributed by atoms with Crippen LogP contribution in [0.2, 0.25) is 10.0 Å². The normalized spacial score (nSPS) is 17.9. The molecule has 1 aliphatic rings. The highest BCUT2D eigenvalue weighted by Gasteiger charge is 2.38. The summed E-state index contributed by atoms with van der Waals surface area (Å²) < 4.78 is 33.2. The van der Waals surface area contributed by atoms with E-state index in [4.69, 9.17) is 27.6 Å². The minimum atomic E-state index is -3.54. The Kier molecular flexibility index (Phi) is 5.42. The minimum absolute atomic E-state index is 0.0984. The van der Waals surface area contributed by atoms with Crippen LogP contribution in [0.3, 0.4) is 0 Å². The molecule has 1 fully saturated rings. The van der Waals surface area contributed by atoms with Crippen molar-refractivity contribution in [2.24, 2.45) is 0 Å². The Labute approximate surface area is 173 Å². The number of nitrogens with zero attached hydrogens (tertiary/aromatic N) is 3. The Morgan fingerprint density at radius 1 is 1.00 bits per heavy atom. The molecule has 4 rings (SSSR count). The molecule has 1 atom stereocenters. The molecule has 0 spiro atoms.